The second-order valence-electron chi connectivity index (χ2n) is 3.35. The van der Waals surface area contributed by atoms with Crippen molar-refractivity contribution in [1.82, 2.24) is 9.97 Å². The average Bonchev–Trinajstić information content (AvgIpc) is 2.34. The molecule has 18 heavy (non-hydrogen) atoms. The normalized spacial score (nSPS) is 10.2. The van der Waals surface area contributed by atoms with E-state index in [2.05, 4.69) is 15.3 Å². The van der Waals surface area contributed by atoms with Crippen LogP contribution in [0, 0.1) is 5.82 Å². The minimum atomic E-state index is -0.651. The molecule has 1 aromatic heterocycles. The molecule has 1 aromatic carbocycles. The van der Waals surface area contributed by atoms with E-state index in [0.29, 0.717) is 5.82 Å². The zero-order valence-corrected chi connectivity index (χ0v) is 10.2. The van der Waals surface area contributed by atoms with E-state index >= 15 is 0 Å². The van der Waals surface area contributed by atoms with E-state index in [9.17, 15) is 4.39 Å². The summed E-state index contributed by atoms with van der Waals surface area (Å²) in [4.78, 5) is 7.73. The van der Waals surface area contributed by atoms with Gasteiger partial charge in [0.15, 0.2) is 11.6 Å². The second kappa shape index (κ2) is 5.05. The average molecular weight is 269 g/mol. The summed E-state index contributed by atoms with van der Waals surface area (Å²) in [7, 11) is 1.67. The lowest BCUT2D eigenvalue weighted by atomic mass is 10.3. The third-order valence-corrected chi connectivity index (χ3v) is 2.40. The van der Waals surface area contributed by atoms with Crippen molar-refractivity contribution < 1.29 is 9.13 Å². The van der Waals surface area contributed by atoms with Crippen molar-refractivity contribution in [3.05, 3.63) is 35.1 Å². The summed E-state index contributed by atoms with van der Waals surface area (Å²) >= 11 is 5.65. The molecule has 0 fully saturated rings. The Hall–Kier alpha value is -2.08. The number of hydrogen-bond acceptors (Lipinski definition) is 5. The summed E-state index contributed by atoms with van der Waals surface area (Å²) in [6.45, 7) is 0. The zero-order valence-electron chi connectivity index (χ0n) is 9.45. The maximum atomic E-state index is 13.6. The number of halogens is 2. The molecular formula is C11H10ClFN4O. The van der Waals surface area contributed by atoms with Crippen molar-refractivity contribution in [3.63, 3.8) is 0 Å². The number of nitrogens with zero attached hydrogens (tertiary/aromatic N) is 2. The molecule has 0 aliphatic carbocycles. The molecule has 0 unspecified atom stereocenters. The summed E-state index contributed by atoms with van der Waals surface area (Å²) in [6.07, 6.45) is 0. The van der Waals surface area contributed by atoms with Gasteiger partial charge >= 0.3 is 0 Å². The van der Waals surface area contributed by atoms with Gasteiger partial charge < -0.3 is 15.8 Å². The van der Waals surface area contributed by atoms with Gasteiger partial charge in [-0.1, -0.05) is 17.7 Å². The first-order valence-electron chi connectivity index (χ1n) is 5.04. The molecule has 0 saturated heterocycles. The highest BCUT2D eigenvalue weighted by molar-refractivity contribution is 6.30. The van der Waals surface area contributed by atoms with E-state index < -0.39 is 5.82 Å². The maximum Gasteiger partial charge on any atom is 0.226 e. The van der Waals surface area contributed by atoms with Gasteiger partial charge in [-0.25, -0.2) is 4.39 Å². The Morgan fingerprint density at radius 2 is 2.17 bits per heavy atom. The van der Waals surface area contributed by atoms with Gasteiger partial charge in [0.1, 0.15) is 5.82 Å². The molecule has 0 aliphatic rings. The minimum absolute atomic E-state index is 0.0247. The number of rotatable bonds is 3. The Labute approximate surface area is 108 Å². The molecule has 94 valence electrons. The Kier molecular flexibility index (Phi) is 3.47. The van der Waals surface area contributed by atoms with Crippen LogP contribution >= 0.6 is 11.6 Å². The molecule has 0 atom stereocenters. The second-order valence-corrected chi connectivity index (χ2v) is 3.76. The van der Waals surface area contributed by atoms with E-state index in [0.717, 1.165) is 0 Å². The van der Waals surface area contributed by atoms with Crippen molar-refractivity contribution in [2.45, 2.75) is 0 Å². The third-order valence-electron chi connectivity index (χ3n) is 2.11. The van der Waals surface area contributed by atoms with Crippen LogP contribution in [0.15, 0.2) is 24.3 Å². The van der Waals surface area contributed by atoms with Crippen LogP contribution in [0.1, 0.15) is 0 Å². The molecule has 0 saturated carbocycles. The molecule has 0 radical (unpaired) electrons. The Morgan fingerprint density at radius 3 is 2.89 bits per heavy atom. The van der Waals surface area contributed by atoms with Gasteiger partial charge in [0.2, 0.25) is 11.8 Å². The fourth-order valence-corrected chi connectivity index (χ4v) is 1.46. The molecular weight excluding hydrogens is 259 g/mol. The van der Waals surface area contributed by atoms with E-state index in [4.69, 9.17) is 22.1 Å². The standard InChI is InChI=1S/C11H10ClFN4O/c1-15-8-5-9(17-11(14)16-8)18-7-4-2-3-6(12)10(7)13/h2-5H,1H3,(H3,14,15,16,17). The smallest absolute Gasteiger partial charge is 0.226 e. The lowest BCUT2D eigenvalue weighted by molar-refractivity contribution is 0.428. The molecule has 0 spiro atoms. The molecule has 0 aliphatic heterocycles. The number of nitrogens with two attached hydrogens (primary N) is 1. The maximum absolute atomic E-state index is 13.6. The fraction of sp³-hybridized carbons (Fsp3) is 0.0909. The van der Waals surface area contributed by atoms with Crippen LogP contribution in [-0.4, -0.2) is 17.0 Å². The fourth-order valence-electron chi connectivity index (χ4n) is 1.30. The topological polar surface area (TPSA) is 73.1 Å². The zero-order chi connectivity index (χ0) is 13.1. The number of nitrogen functional groups attached to an aromatic ring is 1. The molecule has 0 amide bonds. The van der Waals surface area contributed by atoms with Gasteiger partial charge in [0, 0.05) is 13.1 Å². The number of nitrogens with one attached hydrogen (secondary N) is 1. The van der Waals surface area contributed by atoms with Crippen molar-refractivity contribution in [2.24, 2.45) is 0 Å². The third kappa shape index (κ3) is 2.60. The van der Waals surface area contributed by atoms with Crippen LogP contribution in [0.3, 0.4) is 0 Å². The van der Waals surface area contributed by atoms with Gasteiger partial charge in [-0.3, -0.25) is 0 Å². The van der Waals surface area contributed by atoms with Crippen molar-refractivity contribution in [2.75, 3.05) is 18.1 Å². The molecule has 3 N–H and O–H groups in total. The monoisotopic (exact) mass is 268 g/mol. The Morgan fingerprint density at radius 1 is 1.39 bits per heavy atom. The van der Waals surface area contributed by atoms with Crippen molar-refractivity contribution in [3.8, 4) is 11.6 Å². The molecule has 2 aromatic rings. The molecule has 1 heterocycles. The molecule has 7 heteroatoms. The number of benzene rings is 1. The van der Waals surface area contributed by atoms with Crippen molar-refractivity contribution >= 4 is 23.4 Å². The number of anilines is 2. The molecule has 5 nitrogen and oxygen atoms in total. The predicted molar refractivity (Wildman–Crippen MR) is 67.5 cm³/mol. The van der Waals surface area contributed by atoms with E-state index in [1.165, 1.54) is 18.2 Å². The first-order valence-corrected chi connectivity index (χ1v) is 5.42. The van der Waals surface area contributed by atoms with E-state index in [1.807, 2.05) is 0 Å². The highest BCUT2D eigenvalue weighted by atomic mass is 35.5. The van der Waals surface area contributed by atoms with Crippen LogP contribution in [0.5, 0.6) is 11.6 Å². The van der Waals surface area contributed by atoms with E-state index in [-0.39, 0.29) is 22.6 Å². The summed E-state index contributed by atoms with van der Waals surface area (Å²) in [5.41, 5.74) is 5.49. The van der Waals surface area contributed by atoms with Crippen LogP contribution in [0.2, 0.25) is 5.02 Å². The van der Waals surface area contributed by atoms with Crippen LogP contribution in [0.25, 0.3) is 0 Å². The van der Waals surface area contributed by atoms with Gasteiger partial charge in [-0.05, 0) is 12.1 Å². The number of hydrogen-bond donors (Lipinski definition) is 2. The SMILES string of the molecule is CNc1cc(Oc2cccc(Cl)c2F)nc(N)n1. The largest absolute Gasteiger partial charge is 0.436 e. The molecule has 2 rings (SSSR count). The van der Waals surface area contributed by atoms with Crippen LogP contribution in [-0.2, 0) is 0 Å². The predicted octanol–water partition coefficient (Wildman–Crippen LogP) is 2.69. The molecule has 0 bridgehead atoms. The summed E-state index contributed by atoms with van der Waals surface area (Å²) in [5.74, 6) is -0.0442. The lowest BCUT2D eigenvalue weighted by Gasteiger charge is -2.08. The van der Waals surface area contributed by atoms with Gasteiger partial charge in [-0.2, -0.15) is 9.97 Å². The van der Waals surface area contributed by atoms with Crippen LogP contribution < -0.4 is 15.8 Å². The quantitative estimate of drug-likeness (QED) is 0.895. The summed E-state index contributed by atoms with van der Waals surface area (Å²) in [5, 5.41) is 2.76. The first kappa shape index (κ1) is 12.4. The minimum Gasteiger partial charge on any atom is -0.436 e. The Balaban J connectivity index is 2.34. The van der Waals surface area contributed by atoms with Gasteiger partial charge in [0.05, 0.1) is 5.02 Å². The number of aromatic nitrogens is 2. The number of ether oxygens (including phenoxy) is 1. The Bertz CT molecular complexity index is 579. The van der Waals surface area contributed by atoms with Crippen molar-refractivity contribution in [1.29, 1.82) is 0 Å². The van der Waals surface area contributed by atoms with Gasteiger partial charge in [0.25, 0.3) is 0 Å². The van der Waals surface area contributed by atoms with E-state index in [1.54, 1.807) is 13.1 Å². The summed E-state index contributed by atoms with van der Waals surface area (Å²) in [6, 6.07) is 5.94. The highest BCUT2D eigenvalue weighted by Crippen LogP contribution is 2.28. The summed E-state index contributed by atoms with van der Waals surface area (Å²) < 4.78 is 18.9. The highest BCUT2D eigenvalue weighted by Gasteiger charge is 2.10. The lowest BCUT2D eigenvalue weighted by Crippen LogP contribution is -2.01. The first-order chi connectivity index (χ1) is 8.60. The van der Waals surface area contributed by atoms with Gasteiger partial charge in [-0.15, -0.1) is 0 Å². The van der Waals surface area contributed by atoms with Crippen LogP contribution in [0.4, 0.5) is 16.2 Å².